The number of hydrogen-bond acceptors (Lipinski definition) is 2. The molecule has 0 bridgehead atoms. The maximum absolute atomic E-state index is 4.63. The lowest BCUT2D eigenvalue weighted by atomic mass is 9.99. The minimum atomic E-state index is 0.615. The molecule has 0 aromatic carbocycles. The van der Waals surface area contributed by atoms with Gasteiger partial charge in [0.2, 0.25) is 0 Å². The Morgan fingerprint density at radius 1 is 1.41 bits per heavy atom. The molecule has 1 saturated heterocycles. The predicted octanol–water partition coefficient (Wildman–Crippen LogP) is 2.97. The molecule has 1 atom stereocenters. The summed E-state index contributed by atoms with van der Waals surface area (Å²) < 4.78 is 2.27. The lowest BCUT2D eigenvalue weighted by molar-refractivity contribution is 0.210. The first-order valence-electron chi connectivity index (χ1n) is 6.86. The summed E-state index contributed by atoms with van der Waals surface area (Å²) in [5.41, 5.74) is 2.82. The van der Waals surface area contributed by atoms with Gasteiger partial charge in [0.15, 0.2) is 0 Å². The van der Waals surface area contributed by atoms with Crippen LogP contribution in [0.15, 0.2) is 6.20 Å². The minimum Gasteiger partial charge on any atom is -0.306 e. The Balaban J connectivity index is 2.14. The molecule has 3 heteroatoms. The molecule has 96 valence electrons. The second-order valence-electron chi connectivity index (χ2n) is 5.47. The lowest BCUT2D eigenvalue weighted by Gasteiger charge is -2.30. The van der Waals surface area contributed by atoms with Crippen molar-refractivity contribution in [2.75, 3.05) is 20.1 Å². The first-order chi connectivity index (χ1) is 8.13. The average molecular weight is 235 g/mol. The Morgan fingerprint density at radius 2 is 2.06 bits per heavy atom. The fourth-order valence-corrected chi connectivity index (χ4v) is 2.75. The van der Waals surface area contributed by atoms with Crippen molar-refractivity contribution in [1.29, 1.82) is 0 Å². The molecule has 1 aromatic rings. The fourth-order valence-electron chi connectivity index (χ4n) is 2.75. The monoisotopic (exact) mass is 235 g/mol. The van der Waals surface area contributed by atoms with Crippen molar-refractivity contribution < 1.29 is 0 Å². The molecule has 1 fully saturated rings. The van der Waals surface area contributed by atoms with E-state index in [1.807, 2.05) is 0 Å². The third-order valence-electron chi connectivity index (χ3n) is 4.26. The van der Waals surface area contributed by atoms with Gasteiger partial charge in [0.25, 0.3) is 0 Å². The van der Waals surface area contributed by atoms with E-state index in [-0.39, 0.29) is 0 Å². The molecular weight excluding hydrogens is 210 g/mol. The summed E-state index contributed by atoms with van der Waals surface area (Å²) in [6, 6.07) is 0.615. The number of nitrogens with zero attached hydrogens (tertiary/aromatic N) is 3. The van der Waals surface area contributed by atoms with Crippen molar-refractivity contribution in [1.82, 2.24) is 14.7 Å². The topological polar surface area (TPSA) is 21.1 Å². The van der Waals surface area contributed by atoms with Gasteiger partial charge in [-0.25, -0.2) is 0 Å². The second kappa shape index (κ2) is 5.21. The molecule has 0 N–H and O–H groups in total. The van der Waals surface area contributed by atoms with E-state index in [0.717, 1.165) is 0 Å². The van der Waals surface area contributed by atoms with Crippen LogP contribution in [0.25, 0.3) is 0 Å². The minimum absolute atomic E-state index is 0.615. The van der Waals surface area contributed by atoms with Gasteiger partial charge in [0.05, 0.1) is 12.2 Å². The number of aromatic nitrogens is 2. The molecule has 0 aliphatic carbocycles. The Kier molecular flexibility index (Phi) is 3.87. The summed E-state index contributed by atoms with van der Waals surface area (Å²) in [5, 5.41) is 4.63. The lowest BCUT2D eigenvalue weighted by Crippen LogP contribution is -2.32. The Hall–Kier alpha value is -0.830. The first kappa shape index (κ1) is 12.6. The molecule has 2 rings (SSSR count). The second-order valence-corrected chi connectivity index (χ2v) is 5.47. The third-order valence-corrected chi connectivity index (χ3v) is 4.26. The zero-order valence-electron chi connectivity index (χ0n) is 11.6. The van der Waals surface area contributed by atoms with Crippen LogP contribution in [0.5, 0.6) is 0 Å². The zero-order valence-corrected chi connectivity index (χ0v) is 11.6. The summed E-state index contributed by atoms with van der Waals surface area (Å²) in [4.78, 5) is 2.41. The van der Waals surface area contributed by atoms with E-state index < -0.39 is 0 Å². The Bertz CT molecular complexity index is 362. The molecule has 0 amide bonds. The van der Waals surface area contributed by atoms with Crippen LogP contribution in [-0.4, -0.2) is 34.8 Å². The van der Waals surface area contributed by atoms with E-state index in [4.69, 9.17) is 0 Å². The van der Waals surface area contributed by atoms with Crippen LogP contribution in [0, 0.1) is 6.92 Å². The van der Waals surface area contributed by atoms with Crippen LogP contribution in [0.2, 0.25) is 0 Å². The summed E-state index contributed by atoms with van der Waals surface area (Å²) in [6.07, 6.45) is 5.75. The van der Waals surface area contributed by atoms with E-state index in [0.29, 0.717) is 12.0 Å². The number of hydrogen-bond donors (Lipinski definition) is 0. The van der Waals surface area contributed by atoms with Gasteiger partial charge in [0.1, 0.15) is 0 Å². The fraction of sp³-hybridized carbons (Fsp3) is 0.786. The Morgan fingerprint density at radius 3 is 2.65 bits per heavy atom. The van der Waals surface area contributed by atoms with Crippen LogP contribution in [0.4, 0.5) is 0 Å². The summed E-state index contributed by atoms with van der Waals surface area (Å²) >= 11 is 0. The highest BCUT2D eigenvalue weighted by molar-refractivity contribution is 5.21. The molecule has 17 heavy (non-hydrogen) atoms. The van der Waals surface area contributed by atoms with Gasteiger partial charge in [-0.15, -0.1) is 0 Å². The number of piperidine rings is 1. The van der Waals surface area contributed by atoms with Gasteiger partial charge in [0, 0.05) is 5.69 Å². The van der Waals surface area contributed by atoms with Crippen molar-refractivity contribution in [2.45, 2.75) is 52.0 Å². The molecular formula is C14H25N3. The molecule has 0 spiro atoms. The molecule has 1 unspecified atom stereocenters. The maximum atomic E-state index is 4.63. The molecule has 1 aliphatic rings. The van der Waals surface area contributed by atoms with E-state index in [1.54, 1.807) is 0 Å². The molecule has 2 heterocycles. The SMILES string of the molecule is CCC(C)c1cnn(C2CCN(C)CC2)c1C. The highest BCUT2D eigenvalue weighted by Crippen LogP contribution is 2.27. The predicted molar refractivity (Wildman–Crippen MR) is 71.4 cm³/mol. The molecule has 0 radical (unpaired) electrons. The smallest absolute Gasteiger partial charge is 0.0546 e. The van der Waals surface area contributed by atoms with E-state index in [9.17, 15) is 0 Å². The van der Waals surface area contributed by atoms with Gasteiger partial charge in [-0.2, -0.15) is 5.10 Å². The average Bonchev–Trinajstić information content (AvgIpc) is 2.71. The van der Waals surface area contributed by atoms with Crippen LogP contribution in [0.1, 0.15) is 56.3 Å². The van der Waals surface area contributed by atoms with Crippen molar-refractivity contribution in [3.05, 3.63) is 17.5 Å². The normalized spacial score (nSPS) is 20.7. The first-order valence-corrected chi connectivity index (χ1v) is 6.86. The van der Waals surface area contributed by atoms with Gasteiger partial charge < -0.3 is 4.90 Å². The van der Waals surface area contributed by atoms with E-state index in [2.05, 4.69) is 48.7 Å². The van der Waals surface area contributed by atoms with Crippen LogP contribution >= 0.6 is 0 Å². The molecule has 1 aliphatic heterocycles. The third kappa shape index (κ3) is 2.54. The van der Waals surface area contributed by atoms with Crippen molar-refractivity contribution >= 4 is 0 Å². The van der Waals surface area contributed by atoms with Gasteiger partial charge in [-0.1, -0.05) is 13.8 Å². The molecule has 0 saturated carbocycles. The largest absolute Gasteiger partial charge is 0.306 e. The highest BCUT2D eigenvalue weighted by atomic mass is 15.3. The van der Waals surface area contributed by atoms with Gasteiger partial charge in [-0.3, -0.25) is 4.68 Å². The Labute approximate surface area is 105 Å². The standard InChI is InChI=1S/C14H25N3/c1-5-11(2)14-10-15-17(12(14)3)13-6-8-16(4)9-7-13/h10-11,13H,5-9H2,1-4H3. The quantitative estimate of drug-likeness (QED) is 0.803. The van der Waals surface area contributed by atoms with Crippen molar-refractivity contribution in [3.63, 3.8) is 0 Å². The summed E-state index contributed by atoms with van der Waals surface area (Å²) in [5.74, 6) is 0.634. The van der Waals surface area contributed by atoms with Crippen LogP contribution in [0.3, 0.4) is 0 Å². The maximum Gasteiger partial charge on any atom is 0.0546 e. The van der Waals surface area contributed by atoms with Crippen LogP contribution < -0.4 is 0 Å². The van der Waals surface area contributed by atoms with Gasteiger partial charge >= 0.3 is 0 Å². The summed E-state index contributed by atoms with van der Waals surface area (Å²) in [7, 11) is 2.21. The van der Waals surface area contributed by atoms with Crippen molar-refractivity contribution in [2.24, 2.45) is 0 Å². The van der Waals surface area contributed by atoms with E-state index >= 15 is 0 Å². The van der Waals surface area contributed by atoms with Gasteiger partial charge in [-0.05, 0) is 57.8 Å². The van der Waals surface area contributed by atoms with Crippen LogP contribution in [-0.2, 0) is 0 Å². The van der Waals surface area contributed by atoms with Crippen molar-refractivity contribution in [3.8, 4) is 0 Å². The zero-order chi connectivity index (χ0) is 12.4. The summed E-state index contributed by atoms with van der Waals surface area (Å²) in [6.45, 7) is 9.16. The molecule has 3 nitrogen and oxygen atoms in total. The number of rotatable bonds is 3. The molecule has 1 aromatic heterocycles. The highest BCUT2D eigenvalue weighted by Gasteiger charge is 2.22. The number of likely N-dealkylation sites (tertiary alicyclic amines) is 1. The van der Waals surface area contributed by atoms with E-state index in [1.165, 1.54) is 43.6 Å².